The molecule has 1 atom stereocenters. The quantitative estimate of drug-likeness (QED) is 0.819. The Morgan fingerprint density at radius 1 is 1.30 bits per heavy atom. The Labute approximate surface area is 155 Å². The number of rotatable bonds is 2. The van der Waals surface area contributed by atoms with Crippen molar-refractivity contribution in [2.24, 2.45) is 10.2 Å². The molecule has 0 saturated heterocycles. The summed E-state index contributed by atoms with van der Waals surface area (Å²) in [5.41, 5.74) is 0.823. The number of phenols is 1. The van der Waals surface area contributed by atoms with E-state index in [1.165, 1.54) is 24.4 Å². The summed E-state index contributed by atoms with van der Waals surface area (Å²) in [6.45, 7) is -1.46. The highest BCUT2D eigenvalue weighted by atomic mass is 35.5. The molecule has 1 aromatic heterocycles. The second kappa shape index (κ2) is 6.05. The normalized spacial score (nSPS) is 18.4. The number of azo groups is 1. The molecule has 6 nitrogen and oxygen atoms in total. The molecule has 27 heavy (non-hydrogen) atoms. The summed E-state index contributed by atoms with van der Waals surface area (Å²) < 4.78 is 39.2. The maximum atomic E-state index is 13.1. The van der Waals surface area contributed by atoms with Crippen LogP contribution in [0.4, 0.5) is 18.9 Å². The fourth-order valence-corrected chi connectivity index (χ4v) is 3.24. The monoisotopic (exact) mass is 394 g/mol. The number of para-hydroxylation sites is 1. The zero-order chi connectivity index (χ0) is 19.3. The van der Waals surface area contributed by atoms with Gasteiger partial charge in [0.05, 0.1) is 28.2 Å². The highest BCUT2D eigenvalue weighted by molar-refractivity contribution is 6.32. The zero-order valence-corrected chi connectivity index (χ0v) is 14.2. The molecule has 4 rings (SSSR count). The number of aromatic nitrogens is 1. The van der Waals surface area contributed by atoms with Crippen LogP contribution in [0.3, 0.4) is 0 Å². The molecular weight excluding hydrogens is 385 g/mol. The van der Waals surface area contributed by atoms with Crippen LogP contribution < -0.4 is 4.90 Å². The molecule has 1 aromatic carbocycles. The van der Waals surface area contributed by atoms with Gasteiger partial charge < -0.3 is 5.11 Å². The van der Waals surface area contributed by atoms with Gasteiger partial charge in [0.2, 0.25) is 0 Å². The Bertz CT molecular complexity index is 1020. The number of carbonyl (C=O) groups is 1. The molecule has 0 aliphatic carbocycles. The summed E-state index contributed by atoms with van der Waals surface area (Å²) in [6.07, 6.45) is -2.10. The largest absolute Gasteiger partial charge is 0.506 e. The number of nitrogens with zero attached hydrogens (tertiary/aromatic N) is 4. The van der Waals surface area contributed by atoms with Gasteiger partial charge in [-0.25, -0.2) is 0 Å². The van der Waals surface area contributed by atoms with E-state index >= 15 is 0 Å². The number of benzene rings is 1. The van der Waals surface area contributed by atoms with Gasteiger partial charge in [-0.3, -0.25) is 14.7 Å². The lowest BCUT2D eigenvalue weighted by atomic mass is 9.93. The zero-order valence-electron chi connectivity index (χ0n) is 13.4. The van der Waals surface area contributed by atoms with Crippen LogP contribution in [0.2, 0.25) is 5.02 Å². The van der Waals surface area contributed by atoms with E-state index in [-0.39, 0.29) is 33.3 Å². The number of hydrogen-bond donors (Lipinski definition) is 1. The summed E-state index contributed by atoms with van der Waals surface area (Å²) >= 11 is 5.89. The molecule has 0 saturated carbocycles. The number of halogens is 4. The minimum atomic E-state index is -4.60. The fourth-order valence-electron chi connectivity index (χ4n) is 3.07. The minimum absolute atomic E-state index is 0.0182. The first-order valence-electron chi connectivity index (χ1n) is 7.72. The number of anilines is 1. The van der Waals surface area contributed by atoms with Gasteiger partial charge in [-0.05, 0) is 18.2 Å². The van der Waals surface area contributed by atoms with Crippen molar-refractivity contribution >= 4 is 23.2 Å². The molecule has 3 heterocycles. The molecule has 10 heteroatoms. The molecule has 138 valence electrons. The molecule has 1 amide bonds. The molecule has 0 bridgehead atoms. The van der Waals surface area contributed by atoms with Crippen molar-refractivity contribution < 1.29 is 23.1 Å². The molecule has 0 fully saturated rings. The molecule has 2 aromatic rings. The van der Waals surface area contributed by atoms with Gasteiger partial charge in [-0.15, -0.1) is 0 Å². The lowest BCUT2D eigenvalue weighted by molar-refractivity contribution is -0.130. The average molecular weight is 395 g/mol. The van der Waals surface area contributed by atoms with E-state index in [4.69, 9.17) is 11.6 Å². The van der Waals surface area contributed by atoms with E-state index < -0.39 is 24.7 Å². The van der Waals surface area contributed by atoms with Crippen LogP contribution in [0.25, 0.3) is 11.3 Å². The first kappa shape index (κ1) is 17.5. The SMILES string of the molecule is O=C1C2=CN=NC2c2cnc(-c3cccc(Cl)c3O)cc2N1CC(F)(F)F. The maximum absolute atomic E-state index is 13.1. The lowest BCUT2D eigenvalue weighted by Crippen LogP contribution is -2.43. The third-order valence-electron chi connectivity index (χ3n) is 4.26. The van der Waals surface area contributed by atoms with Crippen molar-refractivity contribution in [1.82, 2.24) is 4.98 Å². The molecule has 1 N–H and O–H groups in total. The summed E-state index contributed by atoms with van der Waals surface area (Å²) in [7, 11) is 0. The standard InChI is InChI=1S/C17H10ClF3N4O2/c18-11-3-1-2-8(15(11)26)12-4-13-9(5-22-12)14-10(6-23-24-14)16(27)25(13)7-17(19,20)21/h1-6,14,26H,7H2. The Hall–Kier alpha value is -2.94. The maximum Gasteiger partial charge on any atom is 0.406 e. The van der Waals surface area contributed by atoms with E-state index in [0.717, 1.165) is 6.20 Å². The van der Waals surface area contributed by atoms with E-state index in [9.17, 15) is 23.1 Å². The topological polar surface area (TPSA) is 78.1 Å². The van der Waals surface area contributed by atoms with Gasteiger partial charge >= 0.3 is 6.18 Å². The number of phenolic OH excluding ortho intramolecular Hbond substituents is 1. The van der Waals surface area contributed by atoms with Gasteiger partial charge in [-0.2, -0.15) is 23.4 Å². The molecular formula is C17H10ClF3N4O2. The minimum Gasteiger partial charge on any atom is -0.506 e. The number of hydrogen-bond acceptors (Lipinski definition) is 5. The fraction of sp³-hybridized carbons (Fsp3) is 0.176. The van der Waals surface area contributed by atoms with Gasteiger partial charge in [0.1, 0.15) is 18.3 Å². The van der Waals surface area contributed by atoms with Crippen LogP contribution in [-0.4, -0.2) is 28.7 Å². The Kier molecular flexibility index (Phi) is 3.92. The van der Waals surface area contributed by atoms with Crippen molar-refractivity contribution in [1.29, 1.82) is 0 Å². The van der Waals surface area contributed by atoms with E-state index in [1.54, 1.807) is 6.07 Å². The number of fused-ring (bicyclic) bond motifs is 3. The summed E-state index contributed by atoms with van der Waals surface area (Å²) in [5, 5.41) is 17.8. The second-order valence-corrected chi connectivity index (χ2v) is 6.40. The smallest absolute Gasteiger partial charge is 0.406 e. The molecule has 1 unspecified atom stereocenters. The number of alkyl halides is 3. The molecule has 0 radical (unpaired) electrons. The lowest BCUT2D eigenvalue weighted by Gasteiger charge is -2.32. The van der Waals surface area contributed by atoms with Gasteiger partial charge in [0.15, 0.2) is 0 Å². The van der Waals surface area contributed by atoms with Crippen LogP contribution in [0.5, 0.6) is 5.75 Å². The molecule has 2 aliphatic heterocycles. The van der Waals surface area contributed by atoms with Crippen LogP contribution in [0.15, 0.2) is 52.5 Å². The first-order chi connectivity index (χ1) is 12.8. The molecule has 0 spiro atoms. The number of amides is 1. The first-order valence-corrected chi connectivity index (χ1v) is 8.10. The van der Waals surface area contributed by atoms with Crippen molar-refractivity contribution in [2.75, 3.05) is 11.4 Å². The predicted octanol–water partition coefficient (Wildman–Crippen LogP) is 4.41. The van der Waals surface area contributed by atoms with E-state index in [0.29, 0.717) is 10.5 Å². The van der Waals surface area contributed by atoms with Crippen LogP contribution in [0.1, 0.15) is 11.6 Å². The summed E-state index contributed by atoms with van der Waals surface area (Å²) in [6, 6.07) is 5.09. The van der Waals surface area contributed by atoms with E-state index in [2.05, 4.69) is 15.2 Å². The average Bonchev–Trinajstić information content (AvgIpc) is 3.10. The third kappa shape index (κ3) is 2.93. The van der Waals surface area contributed by atoms with Crippen molar-refractivity contribution in [3.8, 4) is 17.0 Å². The van der Waals surface area contributed by atoms with Gasteiger partial charge in [0.25, 0.3) is 5.91 Å². The Balaban J connectivity index is 1.88. The second-order valence-electron chi connectivity index (χ2n) is 5.99. The van der Waals surface area contributed by atoms with Crippen molar-refractivity contribution in [3.05, 3.63) is 52.8 Å². The predicted molar refractivity (Wildman–Crippen MR) is 90.4 cm³/mol. The number of aromatic hydroxyl groups is 1. The summed E-state index contributed by atoms with van der Waals surface area (Å²) in [4.78, 5) is 17.4. The molecule has 2 aliphatic rings. The highest BCUT2D eigenvalue weighted by Gasteiger charge is 2.43. The van der Waals surface area contributed by atoms with Gasteiger partial charge in [-0.1, -0.05) is 17.7 Å². The van der Waals surface area contributed by atoms with Crippen molar-refractivity contribution in [3.63, 3.8) is 0 Å². The van der Waals surface area contributed by atoms with Crippen molar-refractivity contribution in [2.45, 2.75) is 12.2 Å². The number of pyridine rings is 1. The third-order valence-corrected chi connectivity index (χ3v) is 4.57. The number of carbonyl (C=O) groups excluding carboxylic acids is 1. The highest BCUT2D eigenvalue weighted by Crippen LogP contribution is 2.45. The van der Waals surface area contributed by atoms with E-state index in [1.807, 2.05) is 0 Å². The Morgan fingerprint density at radius 2 is 2.07 bits per heavy atom. The Morgan fingerprint density at radius 3 is 2.81 bits per heavy atom. The van der Waals surface area contributed by atoms with Crippen LogP contribution in [0, 0.1) is 0 Å². The van der Waals surface area contributed by atoms with Crippen LogP contribution in [-0.2, 0) is 4.79 Å². The van der Waals surface area contributed by atoms with Crippen LogP contribution >= 0.6 is 11.6 Å². The summed E-state index contributed by atoms with van der Waals surface area (Å²) in [5.74, 6) is -1.07. The van der Waals surface area contributed by atoms with Gasteiger partial charge in [0, 0.05) is 17.3 Å².